The zero-order chi connectivity index (χ0) is 7.56. The molecule has 1 aromatic rings. The molecule has 0 fully saturated rings. The number of carbonyl (C=O) groups excluding carboxylic acids is 1. The molecule has 0 radical (unpaired) electrons. The summed E-state index contributed by atoms with van der Waals surface area (Å²) in [7, 11) is 0. The minimum Gasteiger partial charge on any atom is -0.399 e. The van der Waals surface area contributed by atoms with Gasteiger partial charge in [-0.25, -0.2) is 0 Å². The molecular formula is C7H6INO. The molecule has 0 unspecified atom stereocenters. The first-order valence-electron chi connectivity index (χ1n) is 2.74. The van der Waals surface area contributed by atoms with E-state index in [1.54, 1.807) is 12.1 Å². The van der Waals surface area contributed by atoms with Crippen LogP contribution >= 0.6 is 22.6 Å². The molecule has 0 aliphatic rings. The number of rotatable bonds is 1. The van der Waals surface area contributed by atoms with E-state index in [-0.39, 0.29) is 0 Å². The van der Waals surface area contributed by atoms with Gasteiger partial charge in [0, 0.05) is 14.8 Å². The molecule has 52 valence electrons. The summed E-state index contributed by atoms with van der Waals surface area (Å²) >= 11 is 2.09. The maximum Gasteiger partial charge on any atom is 0.151 e. The van der Waals surface area contributed by atoms with Gasteiger partial charge in [0.1, 0.15) is 0 Å². The second kappa shape index (κ2) is 3.01. The number of carbonyl (C=O) groups is 1. The van der Waals surface area contributed by atoms with Gasteiger partial charge in [-0.1, -0.05) is 0 Å². The fourth-order valence-electron chi connectivity index (χ4n) is 0.653. The van der Waals surface area contributed by atoms with E-state index in [1.807, 2.05) is 6.07 Å². The predicted molar refractivity (Wildman–Crippen MR) is 49.0 cm³/mol. The van der Waals surface area contributed by atoms with Crippen LogP contribution in [0.1, 0.15) is 10.4 Å². The molecule has 1 rings (SSSR count). The van der Waals surface area contributed by atoms with Gasteiger partial charge in [0.2, 0.25) is 0 Å². The lowest BCUT2D eigenvalue weighted by atomic mass is 10.2. The lowest BCUT2D eigenvalue weighted by Crippen LogP contribution is -1.89. The maximum absolute atomic E-state index is 10.3. The van der Waals surface area contributed by atoms with Crippen molar-refractivity contribution in [3.63, 3.8) is 0 Å². The van der Waals surface area contributed by atoms with Crippen LogP contribution in [0.5, 0.6) is 0 Å². The van der Waals surface area contributed by atoms with Crippen molar-refractivity contribution < 1.29 is 4.79 Å². The zero-order valence-corrected chi connectivity index (χ0v) is 7.33. The van der Waals surface area contributed by atoms with Gasteiger partial charge in [0.05, 0.1) is 0 Å². The number of hydrogen-bond donors (Lipinski definition) is 1. The van der Waals surface area contributed by atoms with E-state index in [0.717, 1.165) is 9.86 Å². The molecule has 0 heterocycles. The summed E-state index contributed by atoms with van der Waals surface area (Å²) < 4.78 is 0.932. The van der Waals surface area contributed by atoms with Crippen molar-refractivity contribution in [1.29, 1.82) is 0 Å². The van der Waals surface area contributed by atoms with Crippen LogP contribution in [0, 0.1) is 3.57 Å². The Bertz CT molecular complexity index is 260. The van der Waals surface area contributed by atoms with E-state index in [4.69, 9.17) is 5.73 Å². The molecule has 1 aromatic carbocycles. The smallest absolute Gasteiger partial charge is 0.151 e. The summed E-state index contributed by atoms with van der Waals surface area (Å²) in [5.41, 5.74) is 6.72. The minimum atomic E-state index is 0.627. The monoisotopic (exact) mass is 247 g/mol. The normalized spacial score (nSPS) is 9.30. The molecule has 0 aromatic heterocycles. The van der Waals surface area contributed by atoms with Crippen LogP contribution in [-0.2, 0) is 0 Å². The topological polar surface area (TPSA) is 43.1 Å². The molecule has 0 saturated carbocycles. The van der Waals surface area contributed by atoms with Gasteiger partial charge in [-0.2, -0.15) is 0 Å². The maximum atomic E-state index is 10.3. The van der Waals surface area contributed by atoms with Gasteiger partial charge >= 0.3 is 0 Å². The van der Waals surface area contributed by atoms with Crippen molar-refractivity contribution >= 4 is 34.6 Å². The number of hydrogen-bond acceptors (Lipinski definition) is 2. The molecule has 0 spiro atoms. The third-order valence-corrected chi connectivity index (χ3v) is 2.13. The highest BCUT2D eigenvalue weighted by molar-refractivity contribution is 14.1. The largest absolute Gasteiger partial charge is 0.399 e. The molecule has 2 nitrogen and oxygen atoms in total. The summed E-state index contributed by atoms with van der Waals surface area (Å²) in [5.74, 6) is 0. The number of anilines is 1. The third kappa shape index (κ3) is 1.47. The number of nitrogen functional groups attached to an aromatic ring is 1. The zero-order valence-electron chi connectivity index (χ0n) is 5.17. The third-order valence-electron chi connectivity index (χ3n) is 1.15. The second-order valence-electron chi connectivity index (χ2n) is 1.90. The quantitative estimate of drug-likeness (QED) is 0.466. The van der Waals surface area contributed by atoms with Crippen LogP contribution in [0.3, 0.4) is 0 Å². The number of nitrogens with two attached hydrogens (primary N) is 1. The summed E-state index contributed by atoms with van der Waals surface area (Å²) in [6, 6.07) is 5.25. The van der Waals surface area contributed by atoms with Crippen molar-refractivity contribution in [2.45, 2.75) is 0 Å². The van der Waals surface area contributed by atoms with Crippen LogP contribution in [-0.4, -0.2) is 6.29 Å². The van der Waals surface area contributed by atoms with Gasteiger partial charge in [0.15, 0.2) is 6.29 Å². The molecule has 0 aliphatic heterocycles. The van der Waals surface area contributed by atoms with E-state index in [0.29, 0.717) is 11.3 Å². The van der Waals surface area contributed by atoms with Crippen LogP contribution in [0.2, 0.25) is 0 Å². The number of aldehydes is 1. The van der Waals surface area contributed by atoms with Crippen LogP contribution < -0.4 is 5.73 Å². The first kappa shape index (κ1) is 7.53. The Balaban J connectivity index is 3.21. The lowest BCUT2D eigenvalue weighted by molar-refractivity contribution is 0.112. The predicted octanol–water partition coefficient (Wildman–Crippen LogP) is 1.69. The molecule has 10 heavy (non-hydrogen) atoms. The Hall–Kier alpha value is -0.580. The Morgan fingerprint density at radius 2 is 2.20 bits per heavy atom. The van der Waals surface area contributed by atoms with Gasteiger partial charge in [-0.05, 0) is 40.8 Å². The fourth-order valence-corrected chi connectivity index (χ4v) is 1.12. The van der Waals surface area contributed by atoms with E-state index in [9.17, 15) is 4.79 Å². The molecule has 0 atom stereocenters. The van der Waals surface area contributed by atoms with Crippen molar-refractivity contribution in [2.24, 2.45) is 0 Å². The minimum absolute atomic E-state index is 0.627. The average molecular weight is 247 g/mol. The number of benzene rings is 1. The van der Waals surface area contributed by atoms with Gasteiger partial charge < -0.3 is 5.73 Å². The summed E-state index contributed by atoms with van der Waals surface area (Å²) in [5, 5.41) is 0. The highest BCUT2D eigenvalue weighted by atomic mass is 127. The molecular weight excluding hydrogens is 241 g/mol. The van der Waals surface area contributed by atoms with Crippen LogP contribution in [0.4, 0.5) is 5.69 Å². The molecule has 2 N–H and O–H groups in total. The average Bonchev–Trinajstić information content (AvgIpc) is 1.94. The molecule has 0 bridgehead atoms. The fraction of sp³-hybridized carbons (Fsp3) is 0. The summed E-state index contributed by atoms with van der Waals surface area (Å²) in [6.07, 6.45) is 0.804. The summed E-state index contributed by atoms with van der Waals surface area (Å²) in [6.45, 7) is 0. The first-order chi connectivity index (χ1) is 4.74. The summed E-state index contributed by atoms with van der Waals surface area (Å²) in [4.78, 5) is 10.3. The van der Waals surface area contributed by atoms with Gasteiger partial charge in [-0.15, -0.1) is 0 Å². The molecule has 0 aliphatic carbocycles. The van der Waals surface area contributed by atoms with Crippen molar-refractivity contribution in [2.75, 3.05) is 5.73 Å². The van der Waals surface area contributed by atoms with Crippen LogP contribution in [0.25, 0.3) is 0 Å². The van der Waals surface area contributed by atoms with E-state index in [1.165, 1.54) is 0 Å². The van der Waals surface area contributed by atoms with Gasteiger partial charge in [0.25, 0.3) is 0 Å². The molecule has 0 saturated heterocycles. The van der Waals surface area contributed by atoms with E-state index in [2.05, 4.69) is 22.6 Å². The Kier molecular flexibility index (Phi) is 2.26. The lowest BCUT2D eigenvalue weighted by Gasteiger charge is -1.96. The van der Waals surface area contributed by atoms with E-state index >= 15 is 0 Å². The SMILES string of the molecule is Nc1ccc(I)c(C=O)c1. The highest BCUT2D eigenvalue weighted by Crippen LogP contribution is 2.13. The van der Waals surface area contributed by atoms with Crippen molar-refractivity contribution in [3.05, 3.63) is 27.3 Å². The Morgan fingerprint density at radius 3 is 2.70 bits per heavy atom. The standard InChI is InChI=1S/C7H6INO/c8-7-2-1-6(9)3-5(7)4-10/h1-4H,9H2. The Labute approximate surface area is 72.6 Å². The van der Waals surface area contributed by atoms with Crippen molar-refractivity contribution in [1.82, 2.24) is 0 Å². The second-order valence-corrected chi connectivity index (χ2v) is 3.06. The number of halogens is 1. The molecule has 0 amide bonds. The highest BCUT2D eigenvalue weighted by Gasteiger charge is 1.96. The van der Waals surface area contributed by atoms with Crippen molar-refractivity contribution in [3.8, 4) is 0 Å². The van der Waals surface area contributed by atoms with E-state index < -0.39 is 0 Å². The molecule has 3 heteroatoms. The Morgan fingerprint density at radius 1 is 1.50 bits per heavy atom. The first-order valence-corrected chi connectivity index (χ1v) is 3.82. The van der Waals surface area contributed by atoms with Gasteiger partial charge in [-0.3, -0.25) is 4.79 Å². The van der Waals surface area contributed by atoms with Crippen LogP contribution in [0.15, 0.2) is 18.2 Å².